The average Bonchev–Trinajstić information content (AvgIpc) is 2.67. The maximum Gasteiger partial charge on any atom is 0.261 e. The first-order valence-electron chi connectivity index (χ1n) is 8.50. The second-order valence-electron chi connectivity index (χ2n) is 6.19. The van der Waals surface area contributed by atoms with Crippen LogP contribution in [0.2, 0.25) is 5.02 Å². The minimum atomic E-state index is -3.73. The molecule has 0 amide bonds. The van der Waals surface area contributed by atoms with E-state index in [9.17, 15) is 13.2 Å². The Morgan fingerprint density at radius 1 is 1.19 bits per heavy atom. The van der Waals surface area contributed by atoms with E-state index in [1.54, 1.807) is 55.5 Å². The fraction of sp³-hybridized carbons (Fsp3) is 0.263. The van der Waals surface area contributed by atoms with E-state index >= 15 is 0 Å². The molecule has 8 heteroatoms. The van der Waals surface area contributed by atoms with Gasteiger partial charge in [0.05, 0.1) is 21.8 Å². The molecule has 0 bridgehead atoms. The Morgan fingerprint density at radius 3 is 2.48 bits per heavy atom. The number of rotatable bonds is 5. The molecular weight excluding hydrogens is 386 g/mol. The minimum Gasteiger partial charge on any atom is -0.295 e. The predicted molar refractivity (Wildman–Crippen MR) is 106 cm³/mol. The van der Waals surface area contributed by atoms with Gasteiger partial charge in [-0.25, -0.2) is 13.4 Å². The Hall–Kier alpha value is -2.22. The monoisotopic (exact) mass is 405 g/mol. The van der Waals surface area contributed by atoms with E-state index in [-0.39, 0.29) is 10.5 Å². The molecule has 3 aromatic rings. The van der Waals surface area contributed by atoms with Crippen LogP contribution in [0.25, 0.3) is 10.9 Å². The van der Waals surface area contributed by atoms with Crippen molar-refractivity contribution in [1.82, 2.24) is 13.9 Å². The van der Waals surface area contributed by atoms with Crippen LogP contribution in [0.3, 0.4) is 0 Å². The molecular formula is C19H20ClN3O3S. The quantitative estimate of drug-likeness (QED) is 0.651. The molecule has 0 N–H and O–H groups in total. The molecule has 1 aromatic heterocycles. The Bertz CT molecular complexity index is 1140. The van der Waals surface area contributed by atoms with Gasteiger partial charge >= 0.3 is 0 Å². The molecule has 0 fully saturated rings. The number of hydrogen-bond acceptors (Lipinski definition) is 4. The number of nitrogens with zero attached hydrogens (tertiary/aromatic N) is 3. The summed E-state index contributed by atoms with van der Waals surface area (Å²) in [5.74, 6) is 0.374. The molecule has 1 heterocycles. The first-order valence-corrected chi connectivity index (χ1v) is 10.3. The van der Waals surface area contributed by atoms with Crippen LogP contribution in [0, 0.1) is 0 Å². The van der Waals surface area contributed by atoms with Crippen LogP contribution >= 0.6 is 11.6 Å². The van der Waals surface area contributed by atoms with Gasteiger partial charge in [-0.2, -0.15) is 4.31 Å². The van der Waals surface area contributed by atoms with Crippen LogP contribution in [-0.2, 0) is 16.6 Å². The topological polar surface area (TPSA) is 72.3 Å². The third-order valence-corrected chi connectivity index (χ3v) is 6.78. The first-order chi connectivity index (χ1) is 12.8. The van der Waals surface area contributed by atoms with Crippen LogP contribution in [-0.4, -0.2) is 29.3 Å². The predicted octanol–water partition coefficient (Wildman–Crippen LogP) is 3.45. The zero-order valence-corrected chi connectivity index (χ0v) is 16.8. The van der Waals surface area contributed by atoms with Crippen molar-refractivity contribution in [2.45, 2.75) is 31.3 Å². The lowest BCUT2D eigenvalue weighted by atomic mass is 10.2. The molecule has 3 rings (SSSR count). The maximum absolute atomic E-state index is 12.9. The number of sulfonamides is 1. The molecule has 0 aliphatic heterocycles. The molecule has 1 unspecified atom stereocenters. The van der Waals surface area contributed by atoms with E-state index in [2.05, 4.69) is 4.98 Å². The summed E-state index contributed by atoms with van der Waals surface area (Å²) in [5.41, 5.74) is 0.232. The zero-order chi connectivity index (χ0) is 19.8. The third-order valence-electron chi connectivity index (χ3n) is 4.60. The Labute approximate surface area is 163 Å². The van der Waals surface area contributed by atoms with Crippen molar-refractivity contribution < 1.29 is 8.42 Å². The summed E-state index contributed by atoms with van der Waals surface area (Å²) in [6.45, 7) is 3.92. The molecule has 0 spiro atoms. The summed E-state index contributed by atoms with van der Waals surface area (Å²) in [5, 5.41) is 0.915. The lowest BCUT2D eigenvalue weighted by Crippen LogP contribution is -2.35. The SMILES string of the molecule is CCn1c(C(C)N(C)S(=O)(=O)c2ccccc2)nc2cc(Cl)ccc2c1=O. The lowest BCUT2D eigenvalue weighted by molar-refractivity contribution is 0.370. The van der Waals surface area contributed by atoms with Crippen molar-refractivity contribution in [3.8, 4) is 0 Å². The van der Waals surface area contributed by atoms with Crippen molar-refractivity contribution in [2.24, 2.45) is 0 Å². The zero-order valence-electron chi connectivity index (χ0n) is 15.3. The second-order valence-corrected chi connectivity index (χ2v) is 8.63. The normalized spacial score (nSPS) is 13.2. The largest absolute Gasteiger partial charge is 0.295 e. The van der Waals surface area contributed by atoms with Crippen LogP contribution < -0.4 is 5.56 Å². The highest BCUT2D eigenvalue weighted by Crippen LogP contribution is 2.25. The van der Waals surface area contributed by atoms with E-state index in [1.165, 1.54) is 15.9 Å². The summed E-state index contributed by atoms with van der Waals surface area (Å²) in [7, 11) is -2.25. The summed E-state index contributed by atoms with van der Waals surface area (Å²) in [6.07, 6.45) is 0. The van der Waals surface area contributed by atoms with Crippen molar-refractivity contribution in [3.63, 3.8) is 0 Å². The smallest absolute Gasteiger partial charge is 0.261 e. The highest BCUT2D eigenvalue weighted by atomic mass is 35.5. The number of aromatic nitrogens is 2. The van der Waals surface area contributed by atoms with Gasteiger partial charge in [0.2, 0.25) is 10.0 Å². The molecule has 0 radical (unpaired) electrons. The number of fused-ring (bicyclic) bond motifs is 1. The standard InChI is InChI=1S/C19H20ClN3O3S/c1-4-23-18(21-17-12-14(20)10-11-16(17)19(23)24)13(2)22(3)27(25,26)15-8-6-5-7-9-15/h5-13H,4H2,1-3H3. The van der Waals surface area contributed by atoms with Crippen LogP contribution in [0.15, 0.2) is 58.2 Å². The molecule has 0 saturated heterocycles. The van der Waals surface area contributed by atoms with Gasteiger partial charge < -0.3 is 0 Å². The van der Waals surface area contributed by atoms with Gasteiger partial charge in [0, 0.05) is 18.6 Å². The molecule has 0 aliphatic carbocycles. The van der Waals surface area contributed by atoms with Crippen molar-refractivity contribution >= 4 is 32.5 Å². The van der Waals surface area contributed by atoms with E-state index in [1.807, 2.05) is 6.92 Å². The van der Waals surface area contributed by atoms with Crippen molar-refractivity contribution in [2.75, 3.05) is 7.05 Å². The molecule has 27 heavy (non-hydrogen) atoms. The summed E-state index contributed by atoms with van der Waals surface area (Å²) in [4.78, 5) is 17.6. The van der Waals surface area contributed by atoms with Gasteiger partial charge in [0.15, 0.2) is 0 Å². The fourth-order valence-corrected chi connectivity index (χ4v) is 4.48. The Balaban J connectivity index is 2.15. The Kier molecular flexibility index (Phi) is 5.37. The highest BCUT2D eigenvalue weighted by Gasteiger charge is 2.29. The molecule has 1 atom stereocenters. The van der Waals surface area contributed by atoms with Gasteiger partial charge in [-0.1, -0.05) is 29.8 Å². The lowest BCUT2D eigenvalue weighted by Gasteiger charge is -2.26. The van der Waals surface area contributed by atoms with E-state index in [0.29, 0.717) is 28.3 Å². The minimum absolute atomic E-state index is 0.188. The van der Waals surface area contributed by atoms with Gasteiger partial charge in [-0.3, -0.25) is 9.36 Å². The van der Waals surface area contributed by atoms with Gasteiger partial charge in [0.1, 0.15) is 5.82 Å². The van der Waals surface area contributed by atoms with E-state index < -0.39 is 16.1 Å². The van der Waals surface area contributed by atoms with Crippen LogP contribution in [0.1, 0.15) is 25.7 Å². The maximum atomic E-state index is 12.9. The highest BCUT2D eigenvalue weighted by molar-refractivity contribution is 7.89. The molecule has 2 aromatic carbocycles. The van der Waals surface area contributed by atoms with Gasteiger partial charge in [-0.05, 0) is 44.2 Å². The van der Waals surface area contributed by atoms with E-state index in [4.69, 9.17) is 11.6 Å². The average molecular weight is 406 g/mol. The first kappa shape index (κ1) is 19.5. The van der Waals surface area contributed by atoms with Crippen molar-refractivity contribution in [1.29, 1.82) is 0 Å². The summed E-state index contributed by atoms with van der Waals surface area (Å²) >= 11 is 6.04. The molecule has 0 aliphatic rings. The molecule has 6 nitrogen and oxygen atoms in total. The Morgan fingerprint density at radius 2 is 1.85 bits per heavy atom. The summed E-state index contributed by atoms with van der Waals surface area (Å²) in [6, 6.07) is 12.4. The fourth-order valence-electron chi connectivity index (χ4n) is 2.97. The number of halogens is 1. The van der Waals surface area contributed by atoms with Crippen LogP contribution in [0.5, 0.6) is 0 Å². The van der Waals surface area contributed by atoms with Gasteiger partial charge in [-0.15, -0.1) is 0 Å². The summed E-state index contributed by atoms with van der Waals surface area (Å²) < 4.78 is 28.6. The molecule has 142 valence electrons. The molecule has 0 saturated carbocycles. The van der Waals surface area contributed by atoms with E-state index in [0.717, 1.165) is 0 Å². The van der Waals surface area contributed by atoms with Gasteiger partial charge in [0.25, 0.3) is 5.56 Å². The number of hydrogen-bond donors (Lipinski definition) is 0. The second kappa shape index (κ2) is 7.42. The van der Waals surface area contributed by atoms with Crippen molar-refractivity contribution in [3.05, 3.63) is 69.7 Å². The van der Waals surface area contributed by atoms with Crippen LogP contribution in [0.4, 0.5) is 0 Å². The third kappa shape index (κ3) is 3.50. The number of benzene rings is 2.